The highest BCUT2D eigenvalue weighted by atomic mass is 16.5. The van der Waals surface area contributed by atoms with Crippen molar-refractivity contribution in [2.75, 3.05) is 13.7 Å². The Morgan fingerprint density at radius 3 is 2.61 bits per heavy atom. The maximum atomic E-state index is 11.1. The standard InChI is InChI=1S/C18H24N2O3/c1-3-4-5-6-7-10-23-16-9-8-14(12-17(16)22-2)11-15(13-19)18(20)21/h8-9,11-12H,3-7,10H2,1-2H3,(H2,20,21)/b15-11+. The summed E-state index contributed by atoms with van der Waals surface area (Å²) in [6, 6.07) is 7.02. The Morgan fingerprint density at radius 1 is 1.26 bits per heavy atom. The lowest BCUT2D eigenvalue weighted by Gasteiger charge is -2.11. The van der Waals surface area contributed by atoms with Gasteiger partial charge >= 0.3 is 0 Å². The third kappa shape index (κ3) is 6.43. The minimum absolute atomic E-state index is 0.100. The first-order chi connectivity index (χ1) is 11.1. The molecule has 23 heavy (non-hydrogen) atoms. The minimum atomic E-state index is -0.751. The van der Waals surface area contributed by atoms with Crippen molar-refractivity contribution in [2.45, 2.75) is 39.0 Å². The van der Waals surface area contributed by atoms with Gasteiger partial charge in [0.05, 0.1) is 13.7 Å². The molecule has 0 unspecified atom stereocenters. The molecule has 0 aromatic heterocycles. The van der Waals surface area contributed by atoms with Gasteiger partial charge in [0.15, 0.2) is 11.5 Å². The molecule has 5 nitrogen and oxygen atoms in total. The Kier molecular flexibility index (Phi) is 8.30. The van der Waals surface area contributed by atoms with Crippen LogP contribution < -0.4 is 15.2 Å². The smallest absolute Gasteiger partial charge is 0.259 e. The van der Waals surface area contributed by atoms with Gasteiger partial charge in [-0.15, -0.1) is 0 Å². The number of primary amides is 1. The molecule has 2 N–H and O–H groups in total. The summed E-state index contributed by atoms with van der Waals surface area (Å²) in [7, 11) is 1.55. The molecule has 0 spiro atoms. The van der Waals surface area contributed by atoms with Crippen LogP contribution in [0.4, 0.5) is 0 Å². The van der Waals surface area contributed by atoms with Gasteiger partial charge in [-0.05, 0) is 30.2 Å². The van der Waals surface area contributed by atoms with Crippen LogP contribution in [0.2, 0.25) is 0 Å². The number of carbonyl (C=O) groups excluding carboxylic acids is 1. The number of unbranched alkanes of at least 4 members (excludes halogenated alkanes) is 4. The highest BCUT2D eigenvalue weighted by Crippen LogP contribution is 2.29. The molecule has 0 fully saturated rings. The van der Waals surface area contributed by atoms with Crippen molar-refractivity contribution >= 4 is 12.0 Å². The van der Waals surface area contributed by atoms with Crippen LogP contribution in [-0.4, -0.2) is 19.6 Å². The summed E-state index contributed by atoms with van der Waals surface area (Å²) in [4.78, 5) is 11.1. The van der Waals surface area contributed by atoms with Gasteiger partial charge < -0.3 is 15.2 Å². The predicted octanol–water partition coefficient (Wildman–Crippen LogP) is 3.44. The number of amides is 1. The third-order valence-corrected chi connectivity index (χ3v) is 3.39. The van der Waals surface area contributed by atoms with Gasteiger partial charge in [0, 0.05) is 0 Å². The first kappa shape index (κ1) is 18.6. The zero-order valence-corrected chi connectivity index (χ0v) is 13.8. The normalized spacial score (nSPS) is 10.9. The summed E-state index contributed by atoms with van der Waals surface area (Å²) in [5.74, 6) is 0.464. The average molecular weight is 316 g/mol. The largest absolute Gasteiger partial charge is 0.493 e. The molecule has 1 rings (SSSR count). The number of rotatable bonds is 10. The van der Waals surface area contributed by atoms with Crippen molar-refractivity contribution in [1.82, 2.24) is 0 Å². The van der Waals surface area contributed by atoms with E-state index in [1.807, 2.05) is 0 Å². The molecule has 0 saturated carbocycles. The Balaban J connectivity index is 2.70. The lowest BCUT2D eigenvalue weighted by molar-refractivity contribution is -0.114. The van der Waals surface area contributed by atoms with Gasteiger partial charge in [-0.1, -0.05) is 38.7 Å². The van der Waals surface area contributed by atoms with Crippen LogP contribution in [0.25, 0.3) is 6.08 Å². The van der Waals surface area contributed by atoms with E-state index in [0.717, 1.165) is 12.8 Å². The lowest BCUT2D eigenvalue weighted by Crippen LogP contribution is -2.12. The van der Waals surface area contributed by atoms with E-state index in [1.165, 1.54) is 25.3 Å². The fourth-order valence-electron chi connectivity index (χ4n) is 2.11. The fourth-order valence-corrected chi connectivity index (χ4v) is 2.11. The highest BCUT2D eigenvalue weighted by molar-refractivity contribution is 6.00. The van der Waals surface area contributed by atoms with E-state index in [-0.39, 0.29) is 5.57 Å². The first-order valence-electron chi connectivity index (χ1n) is 7.84. The Labute approximate surface area is 137 Å². The summed E-state index contributed by atoms with van der Waals surface area (Å²) in [6.07, 6.45) is 7.29. The maximum absolute atomic E-state index is 11.1. The average Bonchev–Trinajstić information content (AvgIpc) is 2.56. The predicted molar refractivity (Wildman–Crippen MR) is 90.0 cm³/mol. The van der Waals surface area contributed by atoms with E-state index in [0.29, 0.717) is 23.7 Å². The summed E-state index contributed by atoms with van der Waals surface area (Å²) in [5.41, 5.74) is 5.68. The van der Waals surface area contributed by atoms with Crippen LogP contribution >= 0.6 is 0 Å². The van der Waals surface area contributed by atoms with Crippen LogP contribution in [0.1, 0.15) is 44.6 Å². The Morgan fingerprint density at radius 2 is 2.00 bits per heavy atom. The van der Waals surface area contributed by atoms with E-state index < -0.39 is 5.91 Å². The van der Waals surface area contributed by atoms with Crippen molar-refractivity contribution in [3.8, 4) is 17.6 Å². The summed E-state index contributed by atoms with van der Waals surface area (Å²) in [6.45, 7) is 2.83. The Bertz CT molecular complexity index is 588. The van der Waals surface area contributed by atoms with Gasteiger partial charge in [0.2, 0.25) is 0 Å². The van der Waals surface area contributed by atoms with Crippen molar-refractivity contribution < 1.29 is 14.3 Å². The molecular weight excluding hydrogens is 292 g/mol. The number of carbonyl (C=O) groups is 1. The quantitative estimate of drug-likeness (QED) is 0.407. The molecule has 0 radical (unpaired) electrons. The monoisotopic (exact) mass is 316 g/mol. The van der Waals surface area contributed by atoms with E-state index in [1.54, 1.807) is 31.4 Å². The summed E-state index contributed by atoms with van der Waals surface area (Å²) >= 11 is 0. The molecule has 0 aliphatic rings. The lowest BCUT2D eigenvalue weighted by atomic mass is 10.1. The highest BCUT2D eigenvalue weighted by Gasteiger charge is 2.08. The van der Waals surface area contributed by atoms with Crippen LogP contribution in [0.3, 0.4) is 0 Å². The van der Waals surface area contributed by atoms with E-state index in [9.17, 15) is 4.79 Å². The second kappa shape index (κ2) is 10.3. The van der Waals surface area contributed by atoms with Gasteiger partial charge in [0.25, 0.3) is 5.91 Å². The summed E-state index contributed by atoms with van der Waals surface area (Å²) in [5, 5.41) is 8.87. The van der Waals surface area contributed by atoms with E-state index >= 15 is 0 Å². The van der Waals surface area contributed by atoms with Crippen molar-refractivity contribution in [3.63, 3.8) is 0 Å². The number of hydrogen-bond acceptors (Lipinski definition) is 4. The zero-order valence-electron chi connectivity index (χ0n) is 13.8. The van der Waals surface area contributed by atoms with E-state index in [4.69, 9.17) is 20.5 Å². The van der Waals surface area contributed by atoms with Gasteiger partial charge in [-0.2, -0.15) is 5.26 Å². The molecule has 1 amide bonds. The van der Waals surface area contributed by atoms with E-state index in [2.05, 4.69) is 6.92 Å². The van der Waals surface area contributed by atoms with Crippen LogP contribution in [0.15, 0.2) is 23.8 Å². The zero-order chi connectivity index (χ0) is 17.1. The second-order valence-corrected chi connectivity index (χ2v) is 5.21. The van der Waals surface area contributed by atoms with Crippen LogP contribution in [-0.2, 0) is 4.79 Å². The number of nitrogens with zero attached hydrogens (tertiary/aromatic N) is 1. The maximum Gasteiger partial charge on any atom is 0.259 e. The van der Waals surface area contributed by atoms with Crippen LogP contribution in [0, 0.1) is 11.3 Å². The van der Waals surface area contributed by atoms with Gasteiger partial charge in [0.1, 0.15) is 11.6 Å². The molecule has 0 atom stereocenters. The number of ether oxygens (including phenoxy) is 2. The fraction of sp³-hybridized carbons (Fsp3) is 0.444. The number of benzene rings is 1. The first-order valence-corrected chi connectivity index (χ1v) is 7.84. The Hall–Kier alpha value is -2.48. The molecule has 124 valence electrons. The van der Waals surface area contributed by atoms with Crippen molar-refractivity contribution in [3.05, 3.63) is 29.3 Å². The number of nitriles is 1. The molecule has 5 heteroatoms. The summed E-state index contributed by atoms with van der Waals surface area (Å²) < 4.78 is 11.0. The molecule has 0 aliphatic heterocycles. The van der Waals surface area contributed by atoms with Gasteiger partial charge in [-0.3, -0.25) is 4.79 Å². The van der Waals surface area contributed by atoms with Crippen LogP contribution in [0.5, 0.6) is 11.5 Å². The molecule has 0 heterocycles. The second-order valence-electron chi connectivity index (χ2n) is 5.21. The number of nitrogens with two attached hydrogens (primary N) is 1. The number of methoxy groups -OCH3 is 1. The number of hydrogen-bond donors (Lipinski definition) is 1. The van der Waals surface area contributed by atoms with Gasteiger partial charge in [-0.25, -0.2) is 0 Å². The minimum Gasteiger partial charge on any atom is -0.493 e. The topological polar surface area (TPSA) is 85.3 Å². The van der Waals surface area contributed by atoms with Crippen molar-refractivity contribution in [1.29, 1.82) is 5.26 Å². The molecule has 0 aliphatic carbocycles. The third-order valence-electron chi connectivity index (χ3n) is 3.39. The van der Waals surface area contributed by atoms with Crippen molar-refractivity contribution in [2.24, 2.45) is 5.73 Å². The molecular formula is C18H24N2O3. The molecule has 1 aromatic rings. The molecule has 0 saturated heterocycles. The SMILES string of the molecule is CCCCCCCOc1ccc(/C=C(\C#N)C(N)=O)cc1OC. The molecule has 0 bridgehead atoms. The molecule has 1 aromatic carbocycles.